The van der Waals surface area contributed by atoms with E-state index in [-0.39, 0.29) is 5.91 Å². The fourth-order valence-electron chi connectivity index (χ4n) is 4.34. The van der Waals surface area contributed by atoms with Gasteiger partial charge in [-0.3, -0.25) is 4.79 Å². The second-order valence-electron chi connectivity index (χ2n) is 7.79. The van der Waals surface area contributed by atoms with E-state index in [1.54, 1.807) is 6.20 Å². The number of carbonyl (C=O) groups is 1. The number of carbonyl (C=O) groups excluding carboxylic acids is 1. The summed E-state index contributed by atoms with van der Waals surface area (Å²) in [7, 11) is 0. The van der Waals surface area contributed by atoms with E-state index in [9.17, 15) is 4.79 Å². The van der Waals surface area contributed by atoms with Gasteiger partial charge in [0.25, 0.3) is 5.91 Å². The van der Waals surface area contributed by atoms with Crippen LogP contribution in [0.5, 0.6) is 0 Å². The molecule has 2 aromatic heterocycles. The minimum atomic E-state index is -0.00147. The number of anilines is 2. The Morgan fingerprint density at radius 2 is 1.76 bits per heavy atom. The Labute approximate surface area is 169 Å². The van der Waals surface area contributed by atoms with E-state index in [0.717, 1.165) is 87.9 Å². The lowest BCUT2D eigenvalue weighted by atomic mass is 9.96. The normalized spacial score (nSPS) is 19.9. The zero-order valence-electron chi connectivity index (χ0n) is 16.5. The average Bonchev–Trinajstić information content (AvgIpc) is 3.24. The van der Waals surface area contributed by atoms with Crippen molar-refractivity contribution in [2.24, 2.45) is 0 Å². The van der Waals surface area contributed by atoms with Crippen LogP contribution in [0.1, 0.15) is 34.7 Å². The van der Waals surface area contributed by atoms with E-state index in [1.807, 2.05) is 4.90 Å². The van der Waals surface area contributed by atoms with Gasteiger partial charge in [0.1, 0.15) is 5.76 Å². The van der Waals surface area contributed by atoms with E-state index < -0.39 is 0 Å². The van der Waals surface area contributed by atoms with Gasteiger partial charge in [0.15, 0.2) is 11.5 Å². The molecular formula is C20H26N6O3. The summed E-state index contributed by atoms with van der Waals surface area (Å²) in [5, 5.41) is 12.6. The topological polar surface area (TPSA) is 87.8 Å². The molecule has 5 rings (SSSR count). The number of nitrogens with zero attached hydrogens (tertiary/aromatic N) is 6. The molecule has 3 aliphatic rings. The van der Waals surface area contributed by atoms with Gasteiger partial charge in [0, 0.05) is 57.3 Å². The summed E-state index contributed by atoms with van der Waals surface area (Å²) in [5.74, 6) is 1.79. The van der Waals surface area contributed by atoms with E-state index in [4.69, 9.17) is 9.26 Å². The fourth-order valence-corrected chi connectivity index (χ4v) is 4.34. The summed E-state index contributed by atoms with van der Waals surface area (Å²) in [6.45, 7) is 5.97. The molecule has 9 heteroatoms. The molecule has 2 saturated heterocycles. The van der Waals surface area contributed by atoms with Crippen LogP contribution in [0.15, 0.2) is 16.8 Å². The van der Waals surface area contributed by atoms with Crippen LogP contribution in [0.3, 0.4) is 0 Å². The SMILES string of the molecule is O=C(c1noc2c1CCCC2)N1CCN(c2cnnc(N3CCOCC3)c2)CC1. The molecular weight excluding hydrogens is 372 g/mol. The molecule has 2 aliphatic heterocycles. The number of aromatic nitrogens is 3. The first kappa shape index (κ1) is 18.4. The summed E-state index contributed by atoms with van der Waals surface area (Å²) in [4.78, 5) is 19.3. The number of fused-ring (bicyclic) bond motifs is 1. The fraction of sp³-hybridized carbons (Fsp3) is 0.600. The highest BCUT2D eigenvalue weighted by Crippen LogP contribution is 2.26. The molecule has 4 heterocycles. The van der Waals surface area contributed by atoms with Gasteiger partial charge < -0.3 is 24.0 Å². The van der Waals surface area contributed by atoms with E-state index >= 15 is 0 Å². The smallest absolute Gasteiger partial charge is 0.276 e. The maximum Gasteiger partial charge on any atom is 0.276 e. The molecule has 9 nitrogen and oxygen atoms in total. The van der Waals surface area contributed by atoms with Crippen molar-refractivity contribution in [3.05, 3.63) is 29.3 Å². The van der Waals surface area contributed by atoms with Gasteiger partial charge in [-0.25, -0.2) is 0 Å². The zero-order chi connectivity index (χ0) is 19.6. The molecule has 0 spiro atoms. The number of morpholine rings is 1. The van der Waals surface area contributed by atoms with Gasteiger partial charge in [0.2, 0.25) is 0 Å². The van der Waals surface area contributed by atoms with Crippen molar-refractivity contribution < 1.29 is 14.1 Å². The summed E-state index contributed by atoms with van der Waals surface area (Å²) < 4.78 is 10.8. The Morgan fingerprint density at radius 3 is 2.59 bits per heavy atom. The van der Waals surface area contributed by atoms with Crippen LogP contribution in [-0.2, 0) is 17.6 Å². The first-order valence-corrected chi connectivity index (χ1v) is 10.5. The molecule has 2 aromatic rings. The molecule has 0 N–H and O–H groups in total. The second-order valence-corrected chi connectivity index (χ2v) is 7.79. The van der Waals surface area contributed by atoms with E-state index in [0.29, 0.717) is 18.8 Å². The third kappa shape index (κ3) is 3.66. The maximum atomic E-state index is 13.0. The lowest BCUT2D eigenvalue weighted by Gasteiger charge is -2.36. The Hall–Kier alpha value is -2.68. The number of amides is 1. The molecule has 2 fully saturated rings. The van der Waals surface area contributed by atoms with Crippen LogP contribution in [0, 0.1) is 0 Å². The number of piperazine rings is 1. The van der Waals surface area contributed by atoms with E-state index in [1.165, 1.54) is 0 Å². The van der Waals surface area contributed by atoms with Crippen LogP contribution in [0.25, 0.3) is 0 Å². The Morgan fingerprint density at radius 1 is 0.966 bits per heavy atom. The highest BCUT2D eigenvalue weighted by Gasteiger charge is 2.29. The molecule has 154 valence electrons. The highest BCUT2D eigenvalue weighted by atomic mass is 16.5. The lowest BCUT2D eigenvalue weighted by Crippen LogP contribution is -2.49. The van der Waals surface area contributed by atoms with Crippen molar-refractivity contribution in [2.75, 3.05) is 62.3 Å². The van der Waals surface area contributed by atoms with Gasteiger partial charge in [-0.05, 0) is 19.3 Å². The van der Waals surface area contributed by atoms with Crippen molar-refractivity contribution in [2.45, 2.75) is 25.7 Å². The molecule has 0 bridgehead atoms. The first-order valence-electron chi connectivity index (χ1n) is 10.5. The predicted octanol–water partition coefficient (Wildman–Crippen LogP) is 1.14. The molecule has 0 unspecified atom stereocenters. The van der Waals surface area contributed by atoms with Crippen LogP contribution < -0.4 is 9.80 Å². The number of aryl methyl sites for hydroxylation is 1. The molecule has 0 aromatic carbocycles. The van der Waals surface area contributed by atoms with Gasteiger partial charge in [-0.15, -0.1) is 5.10 Å². The molecule has 1 amide bonds. The number of hydrogen-bond acceptors (Lipinski definition) is 8. The van der Waals surface area contributed by atoms with Gasteiger partial charge in [0.05, 0.1) is 25.1 Å². The van der Waals surface area contributed by atoms with E-state index in [2.05, 4.69) is 31.2 Å². The van der Waals surface area contributed by atoms with Gasteiger partial charge >= 0.3 is 0 Å². The molecule has 0 atom stereocenters. The summed E-state index contributed by atoms with van der Waals surface area (Å²) in [6, 6.07) is 2.09. The molecule has 1 aliphatic carbocycles. The maximum absolute atomic E-state index is 13.0. The van der Waals surface area contributed by atoms with Crippen LogP contribution in [0.4, 0.5) is 11.5 Å². The molecule has 0 saturated carbocycles. The number of hydrogen-bond donors (Lipinski definition) is 0. The van der Waals surface area contributed by atoms with Crippen molar-refractivity contribution in [3.63, 3.8) is 0 Å². The average molecular weight is 398 g/mol. The summed E-state index contributed by atoms with van der Waals surface area (Å²) >= 11 is 0. The molecule has 29 heavy (non-hydrogen) atoms. The van der Waals surface area contributed by atoms with Crippen LogP contribution >= 0.6 is 0 Å². The van der Waals surface area contributed by atoms with Gasteiger partial charge in [-0.1, -0.05) is 5.16 Å². The third-order valence-electron chi connectivity index (χ3n) is 6.05. The number of rotatable bonds is 3. The Balaban J connectivity index is 1.24. The minimum Gasteiger partial charge on any atom is -0.378 e. The largest absolute Gasteiger partial charge is 0.378 e. The molecule has 0 radical (unpaired) electrons. The van der Waals surface area contributed by atoms with Crippen LogP contribution in [-0.4, -0.2) is 78.6 Å². The monoisotopic (exact) mass is 398 g/mol. The van der Waals surface area contributed by atoms with Crippen molar-refractivity contribution in [3.8, 4) is 0 Å². The lowest BCUT2D eigenvalue weighted by molar-refractivity contribution is 0.0735. The number of ether oxygens (including phenoxy) is 1. The Kier molecular flexibility index (Phi) is 5.05. The first-order chi connectivity index (χ1) is 14.3. The van der Waals surface area contributed by atoms with Crippen LogP contribution in [0.2, 0.25) is 0 Å². The van der Waals surface area contributed by atoms with Crippen molar-refractivity contribution in [1.82, 2.24) is 20.3 Å². The third-order valence-corrected chi connectivity index (χ3v) is 6.05. The quantitative estimate of drug-likeness (QED) is 0.761. The second kappa shape index (κ2) is 7.98. The Bertz CT molecular complexity index is 871. The van der Waals surface area contributed by atoms with Gasteiger partial charge in [-0.2, -0.15) is 5.10 Å². The summed E-state index contributed by atoms with van der Waals surface area (Å²) in [5.41, 5.74) is 2.60. The predicted molar refractivity (Wildman–Crippen MR) is 106 cm³/mol. The standard InChI is InChI=1S/C20H26N6O3/c27-20(19-16-3-1-2-4-17(16)29-23-19)26-7-5-24(6-8-26)15-13-18(22-21-14-15)25-9-11-28-12-10-25/h13-14H,1-12H2. The summed E-state index contributed by atoms with van der Waals surface area (Å²) in [6.07, 6.45) is 5.80. The van der Waals surface area contributed by atoms with Crippen molar-refractivity contribution >= 4 is 17.4 Å². The zero-order valence-corrected chi connectivity index (χ0v) is 16.5. The van der Waals surface area contributed by atoms with Crippen molar-refractivity contribution in [1.29, 1.82) is 0 Å². The highest BCUT2D eigenvalue weighted by molar-refractivity contribution is 5.94. The minimum absolute atomic E-state index is 0.00147.